The second-order valence-electron chi connectivity index (χ2n) is 3.92. The molecule has 2 aromatic carbocycles. The van der Waals surface area contributed by atoms with E-state index in [9.17, 15) is 4.39 Å². The van der Waals surface area contributed by atoms with Crippen molar-refractivity contribution in [3.63, 3.8) is 0 Å². The molecule has 0 aromatic heterocycles. The fourth-order valence-electron chi connectivity index (χ4n) is 1.63. The zero-order chi connectivity index (χ0) is 13.7. The summed E-state index contributed by atoms with van der Waals surface area (Å²) in [4.78, 5) is 0. The van der Waals surface area contributed by atoms with Gasteiger partial charge >= 0.3 is 0 Å². The second-order valence-corrected chi connectivity index (χ2v) is 4.72. The SMILES string of the molecule is CCOc1cc(F)c(Br)c(OCc2ccccc2)c1. The van der Waals surface area contributed by atoms with E-state index in [1.165, 1.54) is 6.07 Å². The Labute approximate surface area is 120 Å². The summed E-state index contributed by atoms with van der Waals surface area (Å²) in [6.45, 7) is 2.72. The summed E-state index contributed by atoms with van der Waals surface area (Å²) in [5.74, 6) is 0.507. The fourth-order valence-corrected chi connectivity index (χ4v) is 1.97. The summed E-state index contributed by atoms with van der Waals surface area (Å²) in [5.41, 5.74) is 1.02. The zero-order valence-corrected chi connectivity index (χ0v) is 12.1. The molecule has 19 heavy (non-hydrogen) atoms. The maximum atomic E-state index is 13.7. The Kier molecular flexibility index (Phi) is 4.80. The van der Waals surface area contributed by atoms with Gasteiger partial charge in [0.1, 0.15) is 23.9 Å². The Balaban J connectivity index is 2.15. The third-order valence-electron chi connectivity index (χ3n) is 2.52. The van der Waals surface area contributed by atoms with Gasteiger partial charge in [0.15, 0.2) is 0 Å². The zero-order valence-electron chi connectivity index (χ0n) is 10.5. The number of benzene rings is 2. The van der Waals surface area contributed by atoms with Crippen molar-refractivity contribution in [3.8, 4) is 11.5 Å². The molecule has 4 heteroatoms. The predicted octanol–water partition coefficient (Wildman–Crippen LogP) is 4.57. The van der Waals surface area contributed by atoms with Crippen LogP contribution in [0.1, 0.15) is 12.5 Å². The fraction of sp³-hybridized carbons (Fsp3) is 0.200. The third-order valence-corrected chi connectivity index (χ3v) is 3.29. The average molecular weight is 325 g/mol. The van der Waals surface area contributed by atoms with Crippen molar-refractivity contribution < 1.29 is 13.9 Å². The van der Waals surface area contributed by atoms with Crippen LogP contribution in [0.25, 0.3) is 0 Å². The highest BCUT2D eigenvalue weighted by Gasteiger charge is 2.10. The first-order valence-electron chi connectivity index (χ1n) is 5.99. The Morgan fingerprint density at radius 2 is 1.84 bits per heavy atom. The Morgan fingerprint density at radius 3 is 2.53 bits per heavy atom. The van der Waals surface area contributed by atoms with Gasteiger partial charge < -0.3 is 9.47 Å². The van der Waals surface area contributed by atoms with Gasteiger partial charge in [-0.15, -0.1) is 0 Å². The molecule has 2 aromatic rings. The summed E-state index contributed by atoms with van der Waals surface area (Å²) < 4.78 is 24.9. The van der Waals surface area contributed by atoms with Crippen LogP contribution in [0.4, 0.5) is 4.39 Å². The van der Waals surface area contributed by atoms with Crippen LogP contribution in [-0.2, 0) is 6.61 Å². The van der Waals surface area contributed by atoms with Crippen molar-refractivity contribution in [2.75, 3.05) is 6.61 Å². The molecule has 0 bridgehead atoms. The molecule has 0 aliphatic heterocycles. The average Bonchev–Trinajstić information content (AvgIpc) is 2.42. The highest BCUT2D eigenvalue weighted by atomic mass is 79.9. The summed E-state index contributed by atoms with van der Waals surface area (Å²) in [6, 6.07) is 12.7. The van der Waals surface area contributed by atoms with Gasteiger partial charge in [-0.1, -0.05) is 30.3 Å². The minimum absolute atomic E-state index is 0.312. The lowest BCUT2D eigenvalue weighted by Crippen LogP contribution is -1.99. The van der Waals surface area contributed by atoms with Crippen LogP contribution in [0.2, 0.25) is 0 Å². The van der Waals surface area contributed by atoms with E-state index in [0.717, 1.165) is 5.56 Å². The maximum absolute atomic E-state index is 13.7. The van der Waals surface area contributed by atoms with E-state index in [0.29, 0.717) is 29.2 Å². The van der Waals surface area contributed by atoms with Gasteiger partial charge in [0, 0.05) is 12.1 Å². The van der Waals surface area contributed by atoms with Gasteiger partial charge in [0.25, 0.3) is 0 Å². The lowest BCUT2D eigenvalue weighted by atomic mass is 10.2. The molecule has 0 atom stereocenters. The smallest absolute Gasteiger partial charge is 0.144 e. The van der Waals surface area contributed by atoms with Crippen LogP contribution >= 0.6 is 15.9 Å². The Morgan fingerprint density at radius 1 is 1.11 bits per heavy atom. The lowest BCUT2D eigenvalue weighted by Gasteiger charge is -2.11. The van der Waals surface area contributed by atoms with Crippen molar-refractivity contribution in [3.05, 3.63) is 58.3 Å². The molecule has 0 fully saturated rings. The minimum Gasteiger partial charge on any atom is -0.494 e. The third kappa shape index (κ3) is 3.70. The van der Waals surface area contributed by atoms with Crippen molar-refractivity contribution in [1.29, 1.82) is 0 Å². The van der Waals surface area contributed by atoms with E-state index in [2.05, 4.69) is 15.9 Å². The van der Waals surface area contributed by atoms with Crippen LogP contribution in [0.3, 0.4) is 0 Å². The molecule has 100 valence electrons. The summed E-state index contributed by atoms with van der Waals surface area (Å²) in [6.07, 6.45) is 0. The highest BCUT2D eigenvalue weighted by Crippen LogP contribution is 2.33. The van der Waals surface area contributed by atoms with E-state index in [-0.39, 0.29) is 0 Å². The molecule has 0 aliphatic carbocycles. The molecular weight excluding hydrogens is 311 g/mol. The van der Waals surface area contributed by atoms with Crippen molar-refractivity contribution >= 4 is 15.9 Å². The molecule has 2 nitrogen and oxygen atoms in total. The largest absolute Gasteiger partial charge is 0.494 e. The topological polar surface area (TPSA) is 18.5 Å². The molecular formula is C15H14BrFO2. The predicted molar refractivity (Wildman–Crippen MR) is 76.0 cm³/mol. The Bertz CT molecular complexity index is 543. The lowest BCUT2D eigenvalue weighted by molar-refractivity contribution is 0.294. The van der Waals surface area contributed by atoms with Crippen LogP contribution in [0.5, 0.6) is 11.5 Å². The molecule has 0 saturated carbocycles. The van der Waals surface area contributed by atoms with Crippen LogP contribution in [0.15, 0.2) is 46.9 Å². The first-order valence-corrected chi connectivity index (χ1v) is 6.78. The quantitative estimate of drug-likeness (QED) is 0.802. The van der Waals surface area contributed by atoms with E-state index >= 15 is 0 Å². The monoisotopic (exact) mass is 324 g/mol. The normalized spacial score (nSPS) is 10.3. The van der Waals surface area contributed by atoms with Gasteiger partial charge in [-0.3, -0.25) is 0 Å². The molecule has 0 unspecified atom stereocenters. The maximum Gasteiger partial charge on any atom is 0.144 e. The van der Waals surface area contributed by atoms with Gasteiger partial charge in [-0.05, 0) is 28.4 Å². The van der Waals surface area contributed by atoms with Gasteiger partial charge in [-0.25, -0.2) is 4.39 Å². The van der Waals surface area contributed by atoms with E-state index in [4.69, 9.17) is 9.47 Å². The number of ether oxygens (including phenoxy) is 2. The summed E-state index contributed by atoms with van der Waals surface area (Å²) >= 11 is 3.18. The van der Waals surface area contributed by atoms with Crippen LogP contribution in [-0.4, -0.2) is 6.61 Å². The first-order chi connectivity index (χ1) is 9.20. The Hall–Kier alpha value is -1.55. The van der Waals surface area contributed by atoms with E-state index in [1.807, 2.05) is 37.3 Å². The van der Waals surface area contributed by atoms with Crippen LogP contribution < -0.4 is 9.47 Å². The molecule has 0 N–H and O–H groups in total. The molecule has 2 rings (SSSR count). The van der Waals surface area contributed by atoms with Crippen molar-refractivity contribution in [2.45, 2.75) is 13.5 Å². The molecule has 0 aliphatic rings. The van der Waals surface area contributed by atoms with Crippen molar-refractivity contribution in [2.24, 2.45) is 0 Å². The molecule has 0 radical (unpaired) electrons. The number of hydrogen-bond acceptors (Lipinski definition) is 2. The molecule has 0 saturated heterocycles. The number of hydrogen-bond donors (Lipinski definition) is 0. The first kappa shape index (κ1) is 13.9. The van der Waals surface area contributed by atoms with Crippen molar-refractivity contribution in [1.82, 2.24) is 0 Å². The second kappa shape index (κ2) is 6.57. The van der Waals surface area contributed by atoms with Gasteiger partial charge in [0.05, 0.1) is 11.1 Å². The highest BCUT2D eigenvalue weighted by molar-refractivity contribution is 9.10. The van der Waals surface area contributed by atoms with E-state index in [1.54, 1.807) is 6.07 Å². The van der Waals surface area contributed by atoms with Crippen LogP contribution in [0, 0.1) is 5.82 Å². The van der Waals surface area contributed by atoms with Gasteiger partial charge in [-0.2, -0.15) is 0 Å². The summed E-state index contributed by atoms with van der Waals surface area (Å²) in [5, 5.41) is 0. The molecule has 0 amide bonds. The molecule has 0 spiro atoms. The van der Waals surface area contributed by atoms with E-state index < -0.39 is 5.82 Å². The molecule has 0 heterocycles. The number of halogens is 2. The standard InChI is InChI=1S/C15H14BrFO2/c1-2-18-12-8-13(17)15(16)14(9-12)19-10-11-6-4-3-5-7-11/h3-9H,2,10H2,1H3. The van der Waals surface area contributed by atoms with Gasteiger partial charge in [0.2, 0.25) is 0 Å². The number of rotatable bonds is 5. The summed E-state index contributed by atoms with van der Waals surface area (Å²) in [7, 11) is 0. The minimum atomic E-state index is -0.394.